The molecule has 2 N–H and O–H groups in total. The van der Waals surface area contributed by atoms with Gasteiger partial charge in [-0.3, -0.25) is 19.8 Å². The van der Waals surface area contributed by atoms with Crippen LogP contribution in [-0.2, 0) is 9.59 Å². The normalized spacial score (nSPS) is 15.2. The molecule has 0 atom stereocenters. The van der Waals surface area contributed by atoms with Gasteiger partial charge in [0.25, 0.3) is 11.8 Å². The lowest BCUT2D eigenvalue weighted by atomic mass is 10.0. The van der Waals surface area contributed by atoms with Gasteiger partial charge in [0.2, 0.25) is 0 Å². The van der Waals surface area contributed by atoms with Gasteiger partial charge in [0.15, 0.2) is 5.11 Å². The zero-order valence-electron chi connectivity index (χ0n) is 17.5. The van der Waals surface area contributed by atoms with E-state index in [4.69, 9.17) is 28.2 Å². The highest BCUT2D eigenvalue weighted by Gasteiger charge is 2.35. The number of hydrogen-bond donors (Lipinski definition) is 2. The molecule has 4 rings (SSSR count). The molecule has 0 unspecified atom stereocenters. The van der Waals surface area contributed by atoms with Gasteiger partial charge in [0.1, 0.15) is 17.1 Å². The summed E-state index contributed by atoms with van der Waals surface area (Å²) in [7, 11) is 0. The lowest BCUT2D eigenvalue weighted by Gasteiger charge is -2.30. The number of nitrogens with zero attached hydrogens (tertiary/aromatic N) is 1. The number of thiocarbonyl (C=S) groups is 1. The van der Waals surface area contributed by atoms with Gasteiger partial charge in [-0.2, -0.15) is 0 Å². The summed E-state index contributed by atoms with van der Waals surface area (Å²) in [6.07, 6.45) is 1.33. The predicted octanol–water partition coefficient (Wildman–Crippen LogP) is 4.75. The molecule has 0 bridgehead atoms. The van der Waals surface area contributed by atoms with Crippen LogP contribution in [0, 0.1) is 13.8 Å². The van der Waals surface area contributed by atoms with Gasteiger partial charge in [-0.25, -0.2) is 4.79 Å². The van der Waals surface area contributed by atoms with Crippen LogP contribution in [0.15, 0.2) is 58.5 Å². The van der Waals surface area contributed by atoms with Gasteiger partial charge >= 0.3 is 5.97 Å². The Morgan fingerprint density at radius 1 is 1.09 bits per heavy atom. The van der Waals surface area contributed by atoms with Gasteiger partial charge < -0.3 is 9.52 Å². The average molecular weight is 481 g/mol. The molecule has 1 saturated heterocycles. The third-order valence-corrected chi connectivity index (χ3v) is 6.02. The van der Waals surface area contributed by atoms with Crippen LogP contribution < -0.4 is 10.2 Å². The maximum Gasteiger partial charge on any atom is 0.335 e. The molecule has 33 heavy (non-hydrogen) atoms. The number of anilines is 1. The van der Waals surface area contributed by atoms with Crippen LogP contribution in [-0.4, -0.2) is 28.0 Å². The summed E-state index contributed by atoms with van der Waals surface area (Å²) in [4.78, 5) is 38.4. The van der Waals surface area contributed by atoms with E-state index in [0.29, 0.717) is 33.2 Å². The quantitative estimate of drug-likeness (QED) is 0.317. The van der Waals surface area contributed by atoms with E-state index in [2.05, 4.69) is 5.32 Å². The fourth-order valence-corrected chi connectivity index (χ4v) is 4.01. The molecule has 1 fully saturated rings. The van der Waals surface area contributed by atoms with Crippen LogP contribution in [0.25, 0.3) is 17.4 Å². The van der Waals surface area contributed by atoms with E-state index in [0.717, 1.165) is 0 Å². The second kappa shape index (κ2) is 8.65. The molecule has 1 aliphatic heterocycles. The largest absolute Gasteiger partial charge is 0.478 e. The van der Waals surface area contributed by atoms with Crippen LogP contribution in [0.4, 0.5) is 5.69 Å². The lowest BCUT2D eigenvalue weighted by Crippen LogP contribution is -2.54. The molecule has 2 heterocycles. The summed E-state index contributed by atoms with van der Waals surface area (Å²) in [5.41, 5.74) is 2.23. The third kappa shape index (κ3) is 4.06. The first kappa shape index (κ1) is 22.4. The number of benzene rings is 2. The summed E-state index contributed by atoms with van der Waals surface area (Å²) < 4.78 is 5.82. The first-order valence-corrected chi connectivity index (χ1v) is 10.6. The standard InChI is InChI=1S/C24H17ClN2O5S/c1-12-15(5-3-6-16(12)23(30)31)20-10-9-14(32-20)11-17-21(28)26-24(33)27(22(17)29)19-8-4-7-18(25)13(19)2/h3-11H,1-2H3,(H,30,31)(H,26,28,33)/b17-11+. The topological polar surface area (TPSA) is 99.8 Å². The zero-order chi connectivity index (χ0) is 23.9. The number of aromatic carboxylic acids is 1. The molecule has 0 radical (unpaired) electrons. The van der Waals surface area contributed by atoms with E-state index in [1.807, 2.05) is 0 Å². The van der Waals surface area contributed by atoms with Crippen molar-refractivity contribution in [3.05, 3.63) is 81.6 Å². The Kier molecular flexibility index (Phi) is 5.88. The van der Waals surface area contributed by atoms with E-state index >= 15 is 0 Å². The molecule has 1 aromatic heterocycles. The molecular weight excluding hydrogens is 464 g/mol. The Bertz CT molecular complexity index is 1370. The predicted molar refractivity (Wildman–Crippen MR) is 128 cm³/mol. The average Bonchev–Trinajstić information content (AvgIpc) is 3.22. The summed E-state index contributed by atoms with van der Waals surface area (Å²) >= 11 is 11.4. The first-order valence-electron chi connectivity index (χ1n) is 9.78. The van der Waals surface area contributed by atoms with E-state index in [-0.39, 0.29) is 22.0 Å². The molecule has 2 aromatic carbocycles. The molecule has 3 aromatic rings. The van der Waals surface area contributed by atoms with Crippen molar-refractivity contribution in [3.8, 4) is 11.3 Å². The highest BCUT2D eigenvalue weighted by Crippen LogP contribution is 2.31. The number of carbonyl (C=O) groups excluding carboxylic acids is 2. The lowest BCUT2D eigenvalue weighted by molar-refractivity contribution is -0.122. The Morgan fingerprint density at radius 2 is 1.82 bits per heavy atom. The van der Waals surface area contributed by atoms with Crippen LogP contribution in [0.5, 0.6) is 0 Å². The molecular formula is C24H17ClN2O5S. The second-order valence-corrected chi connectivity index (χ2v) is 8.12. The number of nitrogens with one attached hydrogen (secondary N) is 1. The van der Waals surface area contributed by atoms with Crippen molar-refractivity contribution in [1.29, 1.82) is 0 Å². The Labute approximate surface area is 199 Å². The molecule has 2 amide bonds. The van der Waals surface area contributed by atoms with Gasteiger partial charge in [0.05, 0.1) is 11.3 Å². The third-order valence-electron chi connectivity index (χ3n) is 5.32. The molecule has 166 valence electrons. The smallest absolute Gasteiger partial charge is 0.335 e. The van der Waals surface area contributed by atoms with Crippen LogP contribution in [0.1, 0.15) is 27.2 Å². The molecule has 1 aliphatic rings. The van der Waals surface area contributed by atoms with Crippen molar-refractivity contribution in [2.45, 2.75) is 13.8 Å². The van der Waals surface area contributed by atoms with Gasteiger partial charge in [-0.05, 0) is 73.6 Å². The Morgan fingerprint density at radius 3 is 2.55 bits per heavy atom. The summed E-state index contributed by atoms with van der Waals surface area (Å²) in [6.45, 7) is 3.43. The fraction of sp³-hybridized carbons (Fsp3) is 0.0833. The maximum atomic E-state index is 13.2. The molecule has 0 saturated carbocycles. The summed E-state index contributed by atoms with van der Waals surface area (Å²) in [5.74, 6) is -1.65. The monoisotopic (exact) mass is 480 g/mol. The van der Waals surface area contributed by atoms with Crippen molar-refractivity contribution in [1.82, 2.24) is 5.32 Å². The van der Waals surface area contributed by atoms with Crippen molar-refractivity contribution < 1.29 is 23.9 Å². The number of furan rings is 1. The minimum Gasteiger partial charge on any atom is -0.478 e. The van der Waals surface area contributed by atoms with Crippen LogP contribution in [0.3, 0.4) is 0 Å². The Hall–Kier alpha value is -3.75. The highest BCUT2D eigenvalue weighted by molar-refractivity contribution is 7.80. The SMILES string of the molecule is Cc1c(C(=O)O)cccc1-c1ccc(/C=C2\C(=O)NC(=S)N(c3cccc(Cl)c3C)C2=O)o1. The van der Waals surface area contributed by atoms with Gasteiger partial charge in [0, 0.05) is 10.6 Å². The van der Waals surface area contributed by atoms with E-state index in [1.54, 1.807) is 56.3 Å². The number of rotatable bonds is 4. The number of carbonyl (C=O) groups is 3. The Balaban J connectivity index is 1.72. The van der Waals surface area contributed by atoms with Crippen molar-refractivity contribution >= 4 is 58.5 Å². The van der Waals surface area contributed by atoms with Crippen molar-refractivity contribution in [2.24, 2.45) is 0 Å². The molecule has 7 nitrogen and oxygen atoms in total. The van der Waals surface area contributed by atoms with E-state index < -0.39 is 17.8 Å². The number of carboxylic acid groups (broad SMARTS) is 1. The van der Waals surface area contributed by atoms with E-state index in [9.17, 15) is 19.5 Å². The van der Waals surface area contributed by atoms with Crippen LogP contribution in [0.2, 0.25) is 5.02 Å². The highest BCUT2D eigenvalue weighted by atomic mass is 35.5. The minimum absolute atomic E-state index is 0.0474. The maximum absolute atomic E-state index is 13.2. The molecule has 0 spiro atoms. The molecule has 0 aliphatic carbocycles. The van der Waals surface area contributed by atoms with E-state index in [1.165, 1.54) is 17.0 Å². The van der Waals surface area contributed by atoms with Gasteiger partial charge in [-0.1, -0.05) is 29.8 Å². The van der Waals surface area contributed by atoms with Gasteiger partial charge in [-0.15, -0.1) is 0 Å². The van der Waals surface area contributed by atoms with Crippen molar-refractivity contribution in [2.75, 3.05) is 4.90 Å². The van der Waals surface area contributed by atoms with Crippen molar-refractivity contribution in [3.63, 3.8) is 0 Å². The number of hydrogen-bond acceptors (Lipinski definition) is 5. The number of carboxylic acids is 1. The summed E-state index contributed by atoms with van der Waals surface area (Å²) in [6, 6.07) is 13.2. The number of halogens is 1. The second-order valence-electron chi connectivity index (χ2n) is 7.33. The summed E-state index contributed by atoms with van der Waals surface area (Å²) in [5, 5.41) is 12.3. The first-order chi connectivity index (χ1) is 15.7. The zero-order valence-corrected chi connectivity index (χ0v) is 19.1. The van der Waals surface area contributed by atoms with Crippen LogP contribution >= 0.6 is 23.8 Å². The molecule has 9 heteroatoms. The fourth-order valence-electron chi connectivity index (χ4n) is 3.57. The minimum atomic E-state index is -1.04. The number of amides is 2.